The van der Waals surface area contributed by atoms with E-state index in [0.717, 1.165) is 49.2 Å². The minimum absolute atomic E-state index is 0.103. The number of carbonyl (C=O) groups excluding carboxylic acids is 1. The van der Waals surface area contributed by atoms with E-state index in [-0.39, 0.29) is 18.4 Å². The van der Waals surface area contributed by atoms with Crippen molar-refractivity contribution in [3.63, 3.8) is 0 Å². The first-order chi connectivity index (χ1) is 11.8. The van der Waals surface area contributed by atoms with Crippen molar-refractivity contribution in [3.8, 4) is 0 Å². The number of carbonyl (C=O) groups is 2. The summed E-state index contributed by atoms with van der Waals surface area (Å²) in [6.07, 6.45) is 4.58. The van der Waals surface area contributed by atoms with Crippen molar-refractivity contribution in [3.05, 3.63) is 17.0 Å². The summed E-state index contributed by atoms with van der Waals surface area (Å²) in [6.45, 7) is 9.04. The molecule has 0 aliphatic heterocycles. The molecule has 1 saturated carbocycles. The maximum absolute atomic E-state index is 12.6. The molecule has 0 unspecified atom stereocenters. The lowest BCUT2D eigenvalue weighted by atomic mass is 9.94. The fourth-order valence-corrected chi connectivity index (χ4v) is 3.71. The monoisotopic (exact) mass is 349 g/mol. The number of hydrogen-bond acceptors (Lipinski definition) is 3. The first-order valence-electron chi connectivity index (χ1n) is 9.34. The van der Waals surface area contributed by atoms with Gasteiger partial charge in [0.15, 0.2) is 0 Å². The van der Waals surface area contributed by atoms with Crippen molar-refractivity contribution in [1.29, 1.82) is 0 Å². The Bertz CT molecular complexity index is 622. The Kier molecular flexibility index (Phi) is 6.62. The first-order valence-corrected chi connectivity index (χ1v) is 9.34. The molecule has 0 aromatic carbocycles. The molecule has 0 saturated heterocycles. The van der Waals surface area contributed by atoms with E-state index < -0.39 is 11.9 Å². The average molecular weight is 349 g/mol. The topological polar surface area (TPSA) is 84.2 Å². The molecule has 0 radical (unpaired) electrons. The van der Waals surface area contributed by atoms with Gasteiger partial charge >= 0.3 is 5.97 Å². The summed E-state index contributed by atoms with van der Waals surface area (Å²) in [4.78, 5) is 24.1. The van der Waals surface area contributed by atoms with Gasteiger partial charge in [-0.25, -0.2) is 0 Å². The molecule has 1 fully saturated rings. The van der Waals surface area contributed by atoms with Crippen LogP contribution in [0.2, 0.25) is 0 Å². The number of carboxylic acids is 1. The van der Waals surface area contributed by atoms with Crippen LogP contribution in [0.15, 0.2) is 0 Å². The van der Waals surface area contributed by atoms with Gasteiger partial charge in [-0.3, -0.25) is 14.3 Å². The van der Waals surface area contributed by atoms with Crippen LogP contribution in [0.5, 0.6) is 0 Å². The van der Waals surface area contributed by atoms with Crippen LogP contribution in [0.25, 0.3) is 0 Å². The third-order valence-electron chi connectivity index (χ3n) is 5.09. The Morgan fingerprint density at radius 3 is 2.56 bits per heavy atom. The number of aromatic nitrogens is 2. The van der Waals surface area contributed by atoms with Gasteiger partial charge in [0, 0.05) is 23.8 Å². The average Bonchev–Trinajstić information content (AvgIpc) is 2.70. The fourth-order valence-electron chi connectivity index (χ4n) is 3.71. The molecular weight excluding hydrogens is 318 g/mol. The van der Waals surface area contributed by atoms with Crippen LogP contribution in [-0.4, -0.2) is 32.8 Å². The molecule has 2 atom stereocenters. The summed E-state index contributed by atoms with van der Waals surface area (Å²) in [5.74, 6) is -0.892. The molecule has 1 aromatic heterocycles. The molecule has 6 nitrogen and oxygen atoms in total. The van der Waals surface area contributed by atoms with Crippen molar-refractivity contribution in [2.24, 2.45) is 11.8 Å². The molecule has 140 valence electrons. The molecule has 0 bridgehead atoms. The summed E-state index contributed by atoms with van der Waals surface area (Å²) in [7, 11) is 0. The van der Waals surface area contributed by atoms with Crippen molar-refractivity contribution in [2.45, 2.75) is 78.8 Å². The SMILES string of the molecule is Cc1nn(CC(C)C)c(C)c1CC(=O)N[C@H]1CCCCC[C@H]1C(=O)O. The lowest BCUT2D eigenvalue weighted by molar-refractivity contribution is -0.143. The lowest BCUT2D eigenvalue weighted by Crippen LogP contribution is -2.43. The lowest BCUT2D eigenvalue weighted by Gasteiger charge is -2.23. The molecule has 0 spiro atoms. The summed E-state index contributed by atoms with van der Waals surface area (Å²) in [5, 5.41) is 17.0. The minimum atomic E-state index is -0.802. The van der Waals surface area contributed by atoms with Gasteiger partial charge in [-0.15, -0.1) is 0 Å². The van der Waals surface area contributed by atoms with Crippen molar-refractivity contribution >= 4 is 11.9 Å². The zero-order valence-electron chi connectivity index (χ0n) is 15.8. The number of aliphatic carboxylic acids is 1. The maximum Gasteiger partial charge on any atom is 0.308 e. The maximum atomic E-state index is 12.6. The molecule has 1 heterocycles. The molecule has 6 heteroatoms. The molecule has 1 aromatic rings. The smallest absolute Gasteiger partial charge is 0.308 e. The predicted octanol–water partition coefficient (Wildman–Crippen LogP) is 2.85. The third kappa shape index (κ3) is 5.06. The van der Waals surface area contributed by atoms with Gasteiger partial charge in [0.05, 0.1) is 18.0 Å². The van der Waals surface area contributed by atoms with Crippen molar-refractivity contribution in [1.82, 2.24) is 15.1 Å². The van der Waals surface area contributed by atoms with Gasteiger partial charge in [-0.2, -0.15) is 5.10 Å². The Labute approximate surface area is 150 Å². The molecule has 1 amide bonds. The van der Waals surface area contributed by atoms with Crippen LogP contribution in [0.3, 0.4) is 0 Å². The van der Waals surface area contributed by atoms with E-state index >= 15 is 0 Å². The van der Waals surface area contributed by atoms with Crippen LogP contribution >= 0.6 is 0 Å². The second-order valence-corrected chi connectivity index (χ2v) is 7.66. The summed E-state index contributed by atoms with van der Waals surface area (Å²) >= 11 is 0. The molecule has 1 aliphatic rings. The highest BCUT2D eigenvalue weighted by molar-refractivity contribution is 5.80. The van der Waals surface area contributed by atoms with E-state index in [0.29, 0.717) is 12.3 Å². The van der Waals surface area contributed by atoms with E-state index in [1.807, 2.05) is 18.5 Å². The number of amides is 1. The number of rotatable bonds is 6. The Morgan fingerprint density at radius 1 is 1.24 bits per heavy atom. The normalized spacial score (nSPS) is 21.2. The zero-order valence-corrected chi connectivity index (χ0v) is 15.8. The quantitative estimate of drug-likeness (QED) is 0.774. The van der Waals surface area contributed by atoms with E-state index in [1.165, 1.54) is 0 Å². The first kappa shape index (κ1) is 19.5. The minimum Gasteiger partial charge on any atom is -0.481 e. The van der Waals surface area contributed by atoms with Gasteiger partial charge in [0.1, 0.15) is 0 Å². The number of hydrogen-bond donors (Lipinski definition) is 2. The van der Waals surface area contributed by atoms with Crippen molar-refractivity contribution in [2.75, 3.05) is 0 Å². The fraction of sp³-hybridized carbons (Fsp3) is 0.737. The van der Waals surface area contributed by atoms with Gasteiger partial charge in [0.2, 0.25) is 5.91 Å². The number of nitrogens with one attached hydrogen (secondary N) is 1. The molecular formula is C19H31N3O3. The van der Waals surface area contributed by atoms with Crippen LogP contribution in [0, 0.1) is 25.7 Å². The Balaban J connectivity index is 2.06. The molecule has 2 rings (SSSR count). The number of carboxylic acid groups (broad SMARTS) is 1. The molecule has 2 N–H and O–H groups in total. The van der Waals surface area contributed by atoms with Crippen molar-refractivity contribution < 1.29 is 14.7 Å². The molecule has 1 aliphatic carbocycles. The van der Waals surface area contributed by atoms with Crippen LogP contribution in [-0.2, 0) is 22.6 Å². The summed E-state index contributed by atoms with van der Waals surface area (Å²) in [6, 6.07) is -0.265. The second kappa shape index (κ2) is 8.50. The molecule has 25 heavy (non-hydrogen) atoms. The number of aryl methyl sites for hydroxylation is 1. The zero-order chi connectivity index (χ0) is 18.6. The standard InChI is InChI=1S/C19H31N3O3/c1-12(2)11-22-14(4)16(13(3)21-22)10-18(23)20-17-9-7-5-6-8-15(17)19(24)25/h12,15,17H,5-11H2,1-4H3,(H,20,23)(H,24,25)/t15-,17+/m1/s1. The van der Waals surface area contributed by atoms with Gasteiger partial charge in [0.25, 0.3) is 0 Å². The predicted molar refractivity (Wildman–Crippen MR) is 96.4 cm³/mol. The van der Waals surface area contributed by atoms with E-state index in [4.69, 9.17) is 0 Å². The highest BCUT2D eigenvalue weighted by Gasteiger charge is 2.30. The summed E-state index contributed by atoms with van der Waals surface area (Å²) < 4.78 is 1.97. The third-order valence-corrected chi connectivity index (χ3v) is 5.09. The van der Waals surface area contributed by atoms with Crippen LogP contribution in [0.4, 0.5) is 0 Å². The van der Waals surface area contributed by atoms with E-state index in [2.05, 4.69) is 24.3 Å². The second-order valence-electron chi connectivity index (χ2n) is 7.66. The van der Waals surface area contributed by atoms with E-state index in [1.54, 1.807) is 0 Å². The van der Waals surface area contributed by atoms with E-state index in [9.17, 15) is 14.7 Å². The van der Waals surface area contributed by atoms with Gasteiger partial charge in [-0.1, -0.05) is 33.1 Å². The number of nitrogens with zero attached hydrogens (tertiary/aromatic N) is 2. The summed E-state index contributed by atoms with van der Waals surface area (Å²) in [5.41, 5.74) is 2.86. The highest BCUT2D eigenvalue weighted by Crippen LogP contribution is 2.24. The van der Waals surface area contributed by atoms with Crippen LogP contribution < -0.4 is 5.32 Å². The Morgan fingerprint density at radius 2 is 1.92 bits per heavy atom. The van der Waals surface area contributed by atoms with Gasteiger partial charge < -0.3 is 10.4 Å². The Hall–Kier alpha value is -1.85. The largest absolute Gasteiger partial charge is 0.481 e. The highest BCUT2D eigenvalue weighted by atomic mass is 16.4. The van der Waals surface area contributed by atoms with Crippen LogP contribution in [0.1, 0.15) is 62.9 Å². The van der Waals surface area contributed by atoms with Gasteiger partial charge in [-0.05, 0) is 32.6 Å².